The lowest BCUT2D eigenvalue weighted by Crippen LogP contribution is -2.23. The lowest BCUT2D eigenvalue weighted by atomic mass is 10.6. The standard InChI is InChI=1S/C6H13NO2.C4H9NO2/c1-4-9-6(8)5-7(2)3;1-2-5-3-4(6)7/h4-5H2,1-3H3;5H,2-3H2,1H3,(H,6,7). The average Bonchev–Trinajstić information content (AvgIpc) is 2.14. The maximum atomic E-state index is 10.6. The van der Waals surface area contributed by atoms with Crippen molar-refractivity contribution in [2.45, 2.75) is 13.8 Å². The number of rotatable bonds is 6. The lowest BCUT2D eigenvalue weighted by molar-refractivity contribution is -0.143. The van der Waals surface area contributed by atoms with Gasteiger partial charge in [-0.2, -0.15) is 0 Å². The number of aliphatic carboxylic acids is 1. The highest BCUT2D eigenvalue weighted by molar-refractivity contribution is 5.71. The highest BCUT2D eigenvalue weighted by atomic mass is 16.5. The summed E-state index contributed by atoms with van der Waals surface area (Å²) in [6.45, 7) is 5.28. The third-order valence-corrected chi connectivity index (χ3v) is 1.28. The van der Waals surface area contributed by atoms with E-state index in [9.17, 15) is 9.59 Å². The fourth-order valence-corrected chi connectivity index (χ4v) is 0.697. The molecule has 0 aromatic rings. The van der Waals surface area contributed by atoms with Gasteiger partial charge in [0, 0.05) is 0 Å². The van der Waals surface area contributed by atoms with Crippen LogP contribution in [0.1, 0.15) is 13.8 Å². The summed E-state index contributed by atoms with van der Waals surface area (Å²) < 4.78 is 4.67. The van der Waals surface area contributed by atoms with Crippen LogP contribution in [0.3, 0.4) is 0 Å². The summed E-state index contributed by atoms with van der Waals surface area (Å²) in [5.74, 6) is -0.968. The highest BCUT2D eigenvalue weighted by Crippen LogP contribution is 1.79. The minimum atomic E-state index is -0.804. The molecule has 0 aliphatic carbocycles. The van der Waals surface area contributed by atoms with Crippen molar-refractivity contribution in [1.29, 1.82) is 0 Å². The van der Waals surface area contributed by atoms with Gasteiger partial charge in [0.25, 0.3) is 0 Å². The van der Waals surface area contributed by atoms with Crippen molar-refractivity contribution >= 4 is 11.9 Å². The van der Waals surface area contributed by atoms with Crippen LogP contribution in [0.25, 0.3) is 0 Å². The Hall–Kier alpha value is -1.14. The van der Waals surface area contributed by atoms with Gasteiger partial charge in [-0.05, 0) is 27.6 Å². The highest BCUT2D eigenvalue weighted by Gasteiger charge is 2.00. The molecule has 0 saturated carbocycles. The third kappa shape index (κ3) is 18.6. The van der Waals surface area contributed by atoms with Gasteiger partial charge in [0.1, 0.15) is 0 Å². The zero-order chi connectivity index (χ0) is 13.0. The van der Waals surface area contributed by atoms with Gasteiger partial charge in [-0.3, -0.25) is 14.5 Å². The zero-order valence-electron chi connectivity index (χ0n) is 10.4. The van der Waals surface area contributed by atoms with Crippen LogP contribution < -0.4 is 5.32 Å². The topological polar surface area (TPSA) is 78.9 Å². The van der Waals surface area contributed by atoms with Crippen molar-refractivity contribution in [3.05, 3.63) is 0 Å². The molecule has 0 atom stereocenters. The number of likely N-dealkylation sites (N-methyl/N-ethyl adjacent to an activating group) is 2. The van der Waals surface area contributed by atoms with Crippen LogP contribution in [0.5, 0.6) is 0 Å². The monoisotopic (exact) mass is 234 g/mol. The van der Waals surface area contributed by atoms with Gasteiger partial charge in [-0.15, -0.1) is 0 Å². The van der Waals surface area contributed by atoms with Crippen LogP contribution in [0.2, 0.25) is 0 Å². The molecule has 2 N–H and O–H groups in total. The molecule has 0 aromatic heterocycles. The Morgan fingerprint density at radius 3 is 2.12 bits per heavy atom. The third-order valence-electron chi connectivity index (χ3n) is 1.28. The minimum absolute atomic E-state index is 0.0660. The van der Waals surface area contributed by atoms with E-state index in [-0.39, 0.29) is 12.5 Å². The van der Waals surface area contributed by atoms with Gasteiger partial charge < -0.3 is 15.2 Å². The van der Waals surface area contributed by atoms with Crippen LogP contribution in [0, 0.1) is 0 Å². The van der Waals surface area contributed by atoms with Crippen molar-refractivity contribution in [2.24, 2.45) is 0 Å². The maximum Gasteiger partial charge on any atom is 0.320 e. The summed E-state index contributed by atoms with van der Waals surface area (Å²) in [5.41, 5.74) is 0. The summed E-state index contributed by atoms with van der Waals surface area (Å²) >= 11 is 0. The average molecular weight is 234 g/mol. The number of carbonyl (C=O) groups excluding carboxylic acids is 1. The van der Waals surface area contributed by atoms with Crippen LogP contribution in [-0.4, -0.2) is 62.3 Å². The number of carboxylic acid groups (broad SMARTS) is 1. The Morgan fingerprint density at radius 2 is 1.88 bits per heavy atom. The molecular weight excluding hydrogens is 212 g/mol. The Morgan fingerprint density at radius 1 is 1.31 bits per heavy atom. The van der Waals surface area contributed by atoms with E-state index in [1.54, 1.807) is 11.8 Å². The summed E-state index contributed by atoms with van der Waals surface area (Å²) in [7, 11) is 3.66. The number of hydrogen-bond donors (Lipinski definition) is 2. The second-order valence-electron chi connectivity index (χ2n) is 3.22. The molecule has 6 heteroatoms. The number of carbonyl (C=O) groups is 2. The molecule has 0 bridgehead atoms. The second-order valence-corrected chi connectivity index (χ2v) is 3.22. The van der Waals surface area contributed by atoms with E-state index in [0.717, 1.165) is 0 Å². The molecule has 0 unspecified atom stereocenters. The molecule has 0 aromatic carbocycles. The number of carboxylic acids is 1. The van der Waals surface area contributed by atoms with E-state index in [1.807, 2.05) is 21.0 Å². The molecule has 0 spiro atoms. The van der Waals surface area contributed by atoms with Gasteiger partial charge in [0.05, 0.1) is 19.7 Å². The molecule has 0 amide bonds. The summed E-state index contributed by atoms with van der Waals surface area (Å²) in [6, 6.07) is 0. The van der Waals surface area contributed by atoms with E-state index in [1.165, 1.54) is 0 Å². The fourth-order valence-electron chi connectivity index (χ4n) is 0.697. The summed E-state index contributed by atoms with van der Waals surface area (Å²) in [4.78, 5) is 22.1. The predicted octanol–water partition coefficient (Wildman–Crippen LogP) is -0.208. The number of nitrogens with one attached hydrogen (secondary N) is 1. The molecule has 0 aliphatic heterocycles. The fraction of sp³-hybridized carbons (Fsp3) is 0.800. The molecule has 16 heavy (non-hydrogen) atoms. The first-order valence-electron chi connectivity index (χ1n) is 5.16. The van der Waals surface area contributed by atoms with Gasteiger partial charge in [0.2, 0.25) is 0 Å². The Bertz CT molecular complexity index is 195. The van der Waals surface area contributed by atoms with Crippen molar-refractivity contribution < 1.29 is 19.4 Å². The maximum absolute atomic E-state index is 10.6. The van der Waals surface area contributed by atoms with Crippen molar-refractivity contribution in [1.82, 2.24) is 10.2 Å². The van der Waals surface area contributed by atoms with Gasteiger partial charge in [0.15, 0.2) is 0 Å². The molecular formula is C10H22N2O4. The summed E-state index contributed by atoms with van der Waals surface area (Å²) in [6.07, 6.45) is 0. The second kappa shape index (κ2) is 11.9. The number of esters is 1. The molecule has 0 radical (unpaired) electrons. The Balaban J connectivity index is 0. The zero-order valence-corrected chi connectivity index (χ0v) is 10.4. The van der Waals surface area contributed by atoms with Gasteiger partial charge >= 0.3 is 11.9 Å². The Labute approximate surface area is 96.6 Å². The molecule has 0 fully saturated rings. The number of hydrogen-bond acceptors (Lipinski definition) is 5. The van der Waals surface area contributed by atoms with E-state index < -0.39 is 5.97 Å². The van der Waals surface area contributed by atoms with Crippen molar-refractivity contribution in [3.8, 4) is 0 Å². The minimum Gasteiger partial charge on any atom is -0.480 e. The van der Waals surface area contributed by atoms with Crippen LogP contribution in [-0.2, 0) is 14.3 Å². The molecule has 6 nitrogen and oxygen atoms in total. The smallest absolute Gasteiger partial charge is 0.320 e. The summed E-state index contributed by atoms with van der Waals surface area (Å²) in [5, 5.41) is 10.6. The normalized spacial score (nSPS) is 9.31. The van der Waals surface area contributed by atoms with Crippen LogP contribution >= 0.6 is 0 Å². The first-order valence-corrected chi connectivity index (χ1v) is 5.16. The molecule has 0 heterocycles. The molecule has 0 aliphatic rings. The van der Waals surface area contributed by atoms with E-state index >= 15 is 0 Å². The quantitative estimate of drug-likeness (QED) is 0.619. The molecule has 0 saturated heterocycles. The SMILES string of the molecule is CCNCC(=O)O.CCOC(=O)CN(C)C. The Kier molecular flexibility index (Phi) is 12.9. The van der Waals surface area contributed by atoms with Crippen molar-refractivity contribution in [2.75, 3.05) is 40.3 Å². The molecule has 96 valence electrons. The van der Waals surface area contributed by atoms with Crippen LogP contribution in [0.15, 0.2) is 0 Å². The molecule has 0 rings (SSSR count). The first kappa shape index (κ1) is 17.3. The van der Waals surface area contributed by atoms with E-state index in [2.05, 4.69) is 10.1 Å². The van der Waals surface area contributed by atoms with Gasteiger partial charge in [-0.1, -0.05) is 6.92 Å². The van der Waals surface area contributed by atoms with Crippen LogP contribution in [0.4, 0.5) is 0 Å². The van der Waals surface area contributed by atoms with Crippen molar-refractivity contribution in [3.63, 3.8) is 0 Å². The predicted molar refractivity (Wildman–Crippen MR) is 61.4 cm³/mol. The van der Waals surface area contributed by atoms with Gasteiger partial charge in [-0.25, -0.2) is 0 Å². The number of nitrogens with zero attached hydrogens (tertiary/aromatic N) is 1. The largest absolute Gasteiger partial charge is 0.480 e. The van der Waals surface area contributed by atoms with E-state index in [0.29, 0.717) is 19.7 Å². The van der Waals surface area contributed by atoms with E-state index in [4.69, 9.17) is 5.11 Å². The first-order chi connectivity index (χ1) is 7.43. The lowest BCUT2D eigenvalue weighted by Gasteiger charge is -2.06. The number of ether oxygens (including phenoxy) is 1.